The molecule has 0 saturated heterocycles. The molecule has 0 aliphatic heterocycles. The van der Waals surface area contributed by atoms with Gasteiger partial charge in [-0.15, -0.1) is 0 Å². The second-order valence-corrected chi connectivity index (χ2v) is 6.79. The first-order valence-electron chi connectivity index (χ1n) is 8.55. The third-order valence-corrected chi connectivity index (χ3v) is 4.76. The molecular weight excluding hydrogens is 248 g/mol. The Bertz CT molecular complexity index is 278. The van der Waals surface area contributed by atoms with Gasteiger partial charge in [-0.25, -0.2) is 0 Å². The summed E-state index contributed by atoms with van der Waals surface area (Å²) in [5.74, 6) is 1.89. The lowest BCUT2D eigenvalue weighted by atomic mass is 9.89. The summed E-state index contributed by atoms with van der Waals surface area (Å²) in [7, 11) is 0. The molecule has 20 heavy (non-hydrogen) atoms. The van der Waals surface area contributed by atoms with E-state index in [9.17, 15) is 4.79 Å². The Morgan fingerprint density at radius 1 is 1.15 bits per heavy atom. The molecule has 2 N–H and O–H groups in total. The molecule has 3 nitrogen and oxygen atoms in total. The molecule has 1 saturated carbocycles. The van der Waals surface area contributed by atoms with Crippen molar-refractivity contribution in [1.29, 1.82) is 0 Å². The normalized spacial score (nSPS) is 25.2. The van der Waals surface area contributed by atoms with Crippen LogP contribution in [0.2, 0.25) is 0 Å². The van der Waals surface area contributed by atoms with E-state index in [2.05, 4.69) is 38.3 Å². The maximum absolute atomic E-state index is 11.7. The van der Waals surface area contributed by atoms with Crippen molar-refractivity contribution in [1.82, 2.24) is 10.6 Å². The summed E-state index contributed by atoms with van der Waals surface area (Å²) in [4.78, 5) is 11.7. The van der Waals surface area contributed by atoms with Gasteiger partial charge in [0.2, 0.25) is 5.91 Å². The molecule has 118 valence electrons. The molecule has 0 aromatic rings. The number of rotatable bonds is 7. The Morgan fingerprint density at radius 3 is 2.55 bits per heavy atom. The van der Waals surface area contributed by atoms with Crippen molar-refractivity contribution in [3.8, 4) is 0 Å². The zero-order valence-electron chi connectivity index (χ0n) is 13.9. The van der Waals surface area contributed by atoms with Gasteiger partial charge in [-0.05, 0) is 44.4 Å². The summed E-state index contributed by atoms with van der Waals surface area (Å²) in [5, 5.41) is 6.61. The quantitative estimate of drug-likeness (QED) is 0.702. The molecule has 3 heteroatoms. The average Bonchev–Trinajstić information content (AvgIpc) is 2.64. The number of hydrogen-bond donors (Lipinski definition) is 2. The first kappa shape index (κ1) is 17.5. The number of nitrogens with one attached hydrogen (secondary N) is 2. The lowest BCUT2D eigenvalue weighted by Gasteiger charge is -2.19. The van der Waals surface area contributed by atoms with Crippen molar-refractivity contribution in [3.05, 3.63) is 0 Å². The zero-order valence-corrected chi connectivity index (χ0v) is 13.9. The third-order valence-electron chi connectivity index (χ3n) is 4.76. The van der Waals surface area contributed by atoms with E-state index in [1.165, 1.54) is 32.1 Å². The first-order chi connectivity index (χ1) is 9.52. The molecule has 1 aliphatic rings. The molecule has 0 aromatic carbocycles. The predicted molar refractivity (Wildman–Crippen MR) is 85.7 cm³/mol. The van der Waals surface area contributed by atoms with Crippen LogP contribution >= 0.6 is 0 Å². The third kappa shape index (κ3) is 6.74. The van der Waals surface area contributed by atoms with Gasteiger partial charge in [0, 0.05) is 25.0 Å². The maximum atomic E-state index is 11.7. The van der Waals surface area contributed by atoms with Crippen LogP contribution in [0.4, 0.5) is 0 Å². The van der Waals surface area contributed by atoms with Crippen LogP contribution in [0.25, 0.3) is 0 Å². The first-order valence-corrected chi connectivity index (χ1v) is 8.55. The van der Waals surface area contributed by atoms with E-state index in [-0.39, 0.29) is 5.91 Å². The summed E-state index contributed by atoms with van der Waals surface area (Å²) in [6.45, 7) is 9.66. The van der Waals surface area contributed by atoms with Crippen LogP contribution < -0.4 is 10.6 Å². The van der Waals surface area contributed by atoms with Crippen molar-refractivity contribution in [2.24, 2.45) is 11.8 Å². The Morgan fingerprint density at radius 2 is 1.90 bits per heavy atom. The molecular formula is C17H34N2O. The fraction of sp³-hybridized carbons (Fsp3) is 0.941. The Hall–Kier alpha value is -0.570. The topological polar surface area (TPSA) is 41.1 Å². The number of carbonyl (C=O) groups excluding carboxylic acids is 1. The highest BCUT2D eigenvalue weighted by Gasteiger charge is 2.20. The smallest absolute Gasteiger partial charge is 0.221 e. The number of hydrogen-bond acceptors (Lipinski definition) is 2. The van der Waals surface area contributed by atoms with Crippen molar-refractivity contribution >= 4 is 5.91 Å². The summed E-state index contributed by atoms with van der Waals surface area (Å²) in [6, 6.07) is 0.919. The van der Waals surface area contributed by atoms with Crippen LogP contribution in [-0.2, 0) is 4.79 Å². The van der Waals surface area contributed by atoms with Gasteiger partial charge in [-0.3, -0.25) is 4.79 Å². The highest BCUT2D eigenvalue weighted by atomic mass is 16.1. The molecule has 0 heterocycles. The molecule has 1 fully saturated rings. The molecule has 0 aromatic heterocycles. The van der Waals surface area contributed by atoms with Crippen molar-refractivity contribution in [2.45, 2.75) is 84.7 Å². The second-order valence-electron chi connectivity index (χ2n) is 6.79. The monoisotopic (exact) mass is 282 g/mol. The average molecular weight is 282 g/mol. The van der Waals surface area contributed by atoms with Crippen LogP contribution in [0.1, 0.15) is 72.6 Å². The van der Waals surface area contributed by atoms with Gasteiger partial charge in [-0.1, -0.05) is 33.6 Å². The lowest BCUT2D eigenvalue weighted by molar-refractivity contribution is -0.121. The molecule has 3 unspecified atom stereocenters. The van der Waals surface area contributed by atoms with Gasteiger partial charge < -0.3 is 10.6 Å². The summed E-state index contributed by atoms with van der Waals surface area (Å²) in [6.07, 6.45) is 8.21. The van der Waals surface area contributed by atoms with Crippen molar-refractivity contribution in [2.75, 3.05) is 6.54 Å². The molecule has 1 amide bonds. The van der Waals surface area contributed by atoms with Gasteiger partial charge in [0.05, 0.1) is 0 Å². The Balaban J connectivity index is 2.17. The molecule has 1 aliphatic carbocycles. The van der Waals surface area contributed by atoms with Gasteiger partial charge in [0.1, 0.15) is 0 Å². The van der Waals surface area contributed by atoms with Crippen LogP contribution in [0.3, 0.4) is 0 Å². The Kier molecular flexibility index (Phi) is 8.20. The Labute approximate surface area is 125 Å². The van der Waals surface area contributed by atoms with Crippen molar-refractivity contribution < 1.29 is 4.79 Å². The second kappa shape index (κ2) is 9.38. The molecule has 1 rings (SSSR count). The fourth-order valence-corrected chi connectivity index (χ4v) is 3.04. The summed E-state index contributed by atoms with van der Waals surface area (Å²) < 4.78 is 0. The van der Waals surface area contributed by atoms with Crippen LogP contribution in [0.15, 0.2) is 0 Å². The van der Waals surface area contributed by atoms with Crippen LogP contribution in [0.5, 0.6) is 0 Å². The van der Waals surface area contributed by atoms with Gasteiger partial charge >= 0.3 is 0 Å². The fourth-order valence-electron chi connectivity index (χ4n) is 3.04. The SMILES string of the molecule is CCC(C)NC(=O)CCNC1CCCC(C(C)C)CC1. The highest BCUT2D eigenvalue weighted by molar-refractivity contribution is 5.76. The molecule has 0 bridgehead atoms. The van der Waals surface area contributed by atoms with Crippen LogP contribution in [-0.4, -0.2) is 24.5 Å². The van der Waals surface area contributed by atoms with E-state index >= 15 is 0 Å². The summed E-state index contributed by atoms with van der Waals surface area (Å²) in [5.41, 5.74) is 0. The van der Waals surface area contributed by atoms with E-state index < -0.39 is 0 Å². The minimum Gasteiger partial charge on any atom is -0.354 e. The highest BCUT2D eigenvalue weighted by Crippen LogP contribution is 2.28. The minimum absolute atomic E-state index is 0.181. The number of amides is 1. The summed E-state index contributed by atoms with van der Waals surface area (Å²) >= 11 is 0. The van der Waals surface area contributed by atoms with Gasteiger partial charge in [-0.2, -0.15) is 0 Å². The van der Waals surface area contributed by atoms with E-state index in [4.69, 9.17) is 0 Å². The maximum Gasteiger partial charge on any atom is 0.221 e. The zero-order chi connectivity index (χ0) is 15.0. The molecule has 0 spiro atoms. The van der Waals surface area contributed by atoms with Crippen LogP contribution in [0, 0.1) is 11.8 Å². The van der Waals surface area contributed by atoms with E-state index in [1.54, 1.807) is 0 Å². The van der Waals surface area contributed by atoms with E-state index in [0.717, 1.165) is 24.8 Å². The largest absolute Gasteiger partial charge is 0.354 e. The number of carbonyl (C=O) groups is 1. The van der Waals surface area contributed by atoms with Gasteiger partial charge in [0.25, 0.3) is 0 Å². The van der Waals surface area contributed by atoms with E-state index in [0.29, 0.717) is 18.5 Å². The predicted octanol–water partition coefficient (Wildman–Crippen LogP) is 3.49. The molecule has 3 atom stereocenters. The van der Waals surface area contributed by atoms with Crippen molar-refractivity contribution in [3.63, 3.8) is 0 Å². The minimum atomic E-state index is 0.181. The lowest BCUT2D eigenvalue weighted by Crippen LogP contribution is -2.36. The van der Waals surface area contributed by atoms with Gasteiger partial charge in [0.15, 0.2) is 0 Å². The van der Waals surface area contributed by atoms with E-state index in [1.807, 2.05) is 0 Å². The standard InChI is InChI=1S/C17H34N2O/c1-5-14(4)19-17(20)11-12-18-16-8-6-7-15(9-10-16)13(2)3/h13-16,18H,5-12H2,1-4H3,(H,19,20). The molecule has 0 radical (unpaired) electrons.